The van der Waals surface area contributed by atoms with Gasteiger partial charge in [-0.25, -0.2) is 4.39 Å². The monoisotopic (exact) mass is 473 g/mol. The van der Waals surface area contributed by atoms with Crippen LogP contribution in [0.2, 0.25) is 0 Å². The molecule has 1 heterocycles. The first kappa shape index (κ1) is 24.9. The second kappa shape index (κ2) is 11.4. The van der Waals surface area contributed by atoms with Crippen LogP contribution >= 0.6 is 0 Å². The molecule has 34 heavy (non-hydrogen) atoms. The van der Waals surface area contributed by atoms with Crippen LogP contribution in [0.1, 0.15) is 35.7 Å². The summed E-state index contributed by atoms with van der Waals surface area (Å²) in [6.07, 6.45) is 1.25. The number of halogens is 1. The van der Waals surface area contributed by atoms with Gasteiger partial charge in [0.1, 0.15) is 11.4 Å². The van der Waals surface area contributed by atoms with Crippen molar-refractivity contribution in [3.8, 4) is 11.5 Å². The summed E-state index contributed by atoms with van der Waals surface area (Å²) in [6.45, 7) is 2.92. The molecule has 1 fully saturated rings. The fraction of sp³-hybridized carbons (Fsp3) is 0.417. The molecule has 10 heteroatoms. The maximum absolute atomic E-state index is 13.7. The number of likely N-dealkylation sites (tertiary alicyclic amines) is 1. The normalized spacial score (nSPS) is 13.9. The minimum Gasteiger partial charge on any atom is -0.493 e. The molecule has 2 aromatic rings. The van der Waals surface area contributed by atoms with Crippen molar-refractivity contribution in [1.29, 1.82) is 0 Å². The smallest absolute Gasteiger partial charge is 0.286 e. The Hall–Kier alpha value is -3.69. The number of nitro benzene ring substituents is 1. The van der Waals surface area contributed by atoms with Gasteiger partial charge in [-0.1, -0.05) is 18.2 Å². The van der Waals surface area contributed by atoms with Crippen LogP contribution in [0.3, 0.4) is 0 Å². The summed E-state index contributed by atoms with van der Waals surface area (Å²) < 4.78 is 24.3. The van der Waals surface area contributed by atoms with E-state index >= 15 is 0 Å². The van der Waals surface area contributed by atoms with E-state index in [1.807, 2.05) is 0 Å². The number of amides is 2. The highest BCUT2D eigenvalue weighted by atomic mass is 19.1. The van der Waals surface area contributed by atoms with Crippen molar-refractivity contribution in [2.24, 2.45) is 5.92 Å². The quantitative estimate of drug-likeness (QED) is 0.442. The van der Waals surface area contributed by atoms with Gasteiger partial charge in [-0.2, -0.15) is 0 Å². The Kier molecular flexibility index (Phi) is 8.39. The maximum atomic E-state index is 13.7. The Morgan fingerprint density at radius 2 is 1.91 bits per heavy atom. The second-order valence-corrected chi connectivity index (χ2v) is 7.91. The van der Waals surface area contributed by atoms with Gasteiger partial charge in [0.2, 0.25) is 5.91 Å². The van der Waals surface area contributed by atoms with E-state index in [0.717, 1.165) is 0 Å². The lowest BCUT2D eigenvalue weighted by Gasteiger charge is -2.31. The standard InChI is InChI=1S/C24H28FN3O6/c1-3-34-22-15-20(28(31)32)18(14-21(22)33-2)24(30)27-12-9-17(10-13-27)23(29)26-11-8-16-6-4-5-7-19(16)25/h4-7,14-15,17H,3,8-13H2,1-2H3,(H,26,29). The molecule has 2 aromatic carbocycles. The summed E-state index contributed by atoms with van der Waals surface area (Å²) in [5.41, 5.74) is 0.0935. The van der Waals surface area contributed by atoms with Gasteiger partial charge in [0.05, 0.1) is 24.7 Å². The summed E-state index contributed by atoms with van der Waals surface area (Å²) in [5, 5.41) is 14.4. The van der Waals surface area contributed by atoms with E-state index in [4.69, 9.17) is 9.47 Å². The molecule has 1 aliphatic heterocycles. The molecule has 1 N–H and O–H groups in total. The van der Waals surface area contributed by atoms with Gasteiger partial charge < -0.3 is 19.7 Å². The van der Waals surface area contributed by atoms with Crippen LogP contribution in [0.15, 0.2) is 36.4 Å². The van der Waals surface area contributed by atoms with Crippen LogP contribution in [0.4, 0.5) is 10.1 Å². The molecule has 3 rings (SSSR count). The minimum absolute atomic E-state index is 0.0851. The van der Waals surface area contributed by atoms with Crippen molar-refractivity contribution >= 4 is 17.5 Å². The number of carbonyl (C=O) groups excluding carboxylic acids is 2. The Labute approximate surface area is 197 Å². The van der Waals surface area contributed by atoms with Gasteiger partial charge in [-0.05, 0) is 37.8 Å². The SMILES string of the molecule is CCOc1cc([N+](=O)[O-])c(C(=O)N2CCC(C(=O)NCCc3ccccc3F)CC2)cc1OC. The number of nitrogens with zero attached hydrogens (tertiary/aromatic N) is 2. The average Bonchev–Trinajstić information content (AvgIpc) is 2.84. The predicted octanol–water partition coefficient (Wildman–Crippen LogP) is 3.35. The molecular weight excluding hydrogens is 445 g/mol. The minimum atomic E-state index is -0.620. The fourth-order valence-electron chi connectivity index (χ4n) is 3.98. The summed E-state index contributed by atoms with van der Waals surface area (Å²) in [4.78, 5) is 38.1. The number of rotatable bonds is 9. The number of methoxy groups -OCH3 is 1. The molecule has 9 nitrogen and oxygen atoms in total. The molecule has 0 spiro atoms. The van der Waals surface area contributed by atoms with Crippen LogP contribution in [0.5, 0.6) is 11.5 Å². The van der Waals surface area contributed by atoms with Gasteiger partial charge >= 0.3 is 0 Å². The molecule has 0 bridgehead atoms. The van der Waals surface area contributed by atoms with Crippen molar-refractivity contribution < 1.29 is 28.4 Å². The molecule has 1 aliphatic rings. The Balaban J connectivity index is 1.60. The first-order valence-corrected chi connectivity index (χ1v) is 11.1. The molecule has 0 atom stereocenters. The second-order valence-electron chi connectivity index (χ2n) is 7.91. The lowest BCUT2D eigenvalue weighted by molar-refractivity contribution is -0.385. The van der Waals surface area contributed by atoms with Crippen LogP contribution < -0.4 is 14.8 Å². The highest BCUT2D eigenvalue weighted by molar-refractivity contribution is 5.99. The number of piperidine rings is 1. The predicted molar refractivity (Wildman–Crippen MR) is 123 cm³/mol. The van der Waals surface area contributed by atoms with E-state index in [0.29, 0.717) is 31.4 Å². The zero-order valence-electron chi connectivity index (χ0n) is 19.2. The van der Waals surface area contributed by atoms with Crippen molar-refractivity contribution in [2.75, 3.05) is 33.4 Å². The number of nitro groups is 1. The van der Waals surface area contributed by atoms with Crippen LogP contribution in [0, 0.1) is 21.8 Å². The molecule has 2 amide bonds. The third-order valence-corrected chi connectivity index (χ3v) is 5.81. The van der Waals surface area contributed by atoms with E-state index in [9.17, 15) is 24.1 Å². The van der Waals surface area contributed by atoms with Crippen molar-refractivity contribution in [3.63, 3.8) is 0 Å². The lowest BCUT2D eigenvalue weighted by atomic mass is 9.95. The third-order valence-electron chi connectivity index (χ3n) is 5.81. The van der Waals surface area contributed by atoms with Gasteiger partial charge in [0, 0.05) is 31.6 Å². The number of carbonyl (C=O) groups is 2. The Morgan fingerprint density at radius 1 is 1.21 bits per heavy atom. The first-order chi connectivity index (χ1) is 16.3. The molecule has 0 aliphatic carbocycles. The van der Waals surface area contributed by atoms with Crippen molar-refractivity contribution in [1.82, 2.24) is 10.2 Å². The summed E-state index contributed by atoms with van der Waals surface area (Å²) in [5.74, 6) is -0.791. The van der Waals surface area contributed by atoms with E-state index in [-0.39, 0.29) is 60.1 Å². The largest absolute Gasteiger partial charge is 0.493 e. The molecular formula is C24H28FN3O6. The van der Waals surface area contributed by atoms with Crippen molar-refractivity contribution in [3.05, 3.63) is 63.5 Å². The van der Waals surface area contributed by atoms with E-state index < -0.39 is 10.8 Å². The van der Waals surface area contributed by atoms with E-state index in [1.54, 1.807) is 25.1 Å². The van der Waals surface area contributed by atoms with Crippen LogP contribution in [-0.2, 0) is 11.2 Å². The third kappa shape index (κ3) is 5.81. The van der Waals surface area contributed by atoms with Crippen LogP contribution in [0.25, 0.3) is 0 Å². The number of hydrogen-bond acceptors (Lipinski definition) is 6. The van der Waals surface area contributed by atoms with Gasteiger partial charge in [-0.3, -0.25) is 19.7 Å². The summed E-state index contributed by atoms with van der Waals surface area (Å²) in [6, 6.07) is 8.95. The van der Waals surface area contributed by atoms with Gasteiger partial charge in [-0.15, -0.1) is 0 Å². The lowest BCUT2D eigenvalue weighted by Crippen LogP contribution is -2.43. The van der Waals surface area contributed by atoms with E-state index in [1.165, 1.54) is 30.2 Å². The zero-order valence-corrected chi connectivity index (χ0v) is 19.2. The van der Waals surface area contributed by atoms with E-state index in [2.05, 4.69) is 5.32 Å². The number of hydrogen-bond donors (Lipinski definition) is 1. The fourth-order valence-corrected chi connectivity index (χ4v) is 3.98. The molecule has 0 unspecified atom stereocenters. The molecule has 182 valence electrons. The molecule has 1 saturated heterocycles. The highest BCUT2D eigenvalue weighted by Crippen LogP contribution is 2.36. The highest BCUT2D eigenvalue weighted by Gasteiger charge is 2.32. The van der Waals surface area contributed by atoms with Gasteiger partial charge in [0.15, 0.2) is 11.5 Å². The Morgan fingerprint density at radius 3 is 2.53 bits per heavy atom. The Bertz CT molecular complexity index is 1050. The van der Waals surface area contributed by atoms with Crippen molar-refractivity contribution in [2.45, 2.75) is 26.2 Å². The first-order valence-electron chi connectivity index (χ1n) is 11.1. The maximum Gasteiger partial charge on any atom is 0.286 e. The average molecular weight is 474 g/mol. The number of nitrogens with one attached hydrogen (secondary N) is 1. The number of benzene rings is 2. The topological polar surface area (TPSA) is 111 Å². The molecule has 0 saturated carbocycles. The van der Waals surface area contributed by atoms with Gasteiger partial charge in [0.25, 0.3) is 11.6 Å². The summed E-state index contributed by atoms with van der Waals surface area (Å²) in [7, 11) is 1.40. The molecule has 0 radical (unpaired) electrons. The number of ether oxygens (including phenoxy) is 2. The zero-order chi connectivity index (χ0) is 24.7. The molecule has 0 aromatic heterocycles. The summed E-state index contributed by atoms with van der Waals surface area (Å²) >= 11 is 0. The van der Waals surface area contributed by atoms with Crippen LogP contribution in [-0.4, -0.2) is 55.0 Å².